The van der Waals surface area contributed by atoms with E-state index in [9.17, 15) is 9.90 Å². The second kappa shape index (κ2) is 6.79. The van der Waals surface area contributed by atoms with Gasteiger partial charge in [-0.25, -0.2) is 0 Å². The molecular formula is C15H17N3O2. The summed E-state index contributed by atoms with van der Waals surface area (Å²) in [5.74, 6) is -0.224. The highest BCUT2D eigenvalue weighted by atomic mass is 16.3. The summed E-state index contributed by atoms with van der Waals surface area (Å²) in [6.45, 7) is 0.458. The first kappa shape index (κ1) is 14.2. The lowest BCUT2D eigenvalue weighted by molar-refractivity contribution is 0.102. The van der Waals surface area contributed by atoms with Crippen molar-refractivity contribution in [2.24, 2.45) is 0 Å². The van der Waals surface area contributed by atoms with Crippen LogP contribution in [0.5, 0.6) is 0 Å². The fraction of sp³-hybridized carbons (Fsp3) is 0.200. The summed E-state index contributed by atoms with van der Waals surface area (Å²) in [5.41, 5.74) is 1.89. The van der Waals surface area contributed by atoms with E-state index in [2.05, 4.69) is 15.6 Å². The Labute approximate surface area is 117 Å². The molecule has 1 aromatic heterocycles. The van der Waals surface area contributed by atoms with Crippen LogP contribution in [0.1, 0.15) is 22.0 Å². The molecule has 0 radical (unpaired) electrons. The molecule has 5 nitrogen and oxygen atoms in total. The summed E-state index contributed by atoms with van der Waals surface area (Å²) in [4.78, 5) is 15.9. The smallest absolute Gasteiger partial charge is 0.257 e. The van der Waals surface area contributed by atoms with Gasteiger partial charge in [-0.2, -0.15) is 0 Å². The number of likely N-dealkylation sites (N-methyl/N-ethyl adjacent to an activating group) is 1. The van der Waals surface area contributed by atoms with Crippen LogP contribution in [0.3, 0.4) is 0 Å². The molecule has 1 atom stereocenters. The predicted octanol–water partition coefficient (Wildman–Crippen LogP) is 1.59. The van der Waals surface area contributed by atoms with Crippen LogP contribution in [-0.2, 0) is 0 Å². The third-order valence-electron chi connectivity index (χ3n) is 2.85. The van der Waals surface area contributed by atoms with Crippen LogP contribution in [0, 0.1) is 0 Å². The number of nitrogens with one attached hydrogen (secondary N) is 2. The number of carbonyl (C=O) groups is 1. The molecule has 3 N–H and O–H groups in total. The number of hydrogen-bond donors (Lipinski definition) is 3. The standard InChI is InChI=1S/C15H17N3O2/c1-16-10-14(19)11-4-2-6-13(8-11)18-15(20)12-5-3-7-17-9-12/h2-9,14,16,19H,10H2,1H3,(H,18,20). The van der Waals surface area contributed by atoms with Gasteiger partial charge in [0.1, 0.15) is 0 Å². The second-order valence-corrected chi connectivity index (χ2v) is 4.39. The number of aromatic nitrogens is 1. The summed E-state index contributed by atoms with van der Waals surface area (Å²) < 4.78 is 0. The molecule has 0 saturated carbocycles. The van der Waals surface area contributed by atoms with Crippen LogP contribution < -0.4 is 10.6 Å². The van der Waals surface area contributed by atoms with Gasteiger partial charge in [0.15, 0.2) is 0 Å². The predicted molar refractivity (Wildman–Crippen MR) is 77.5 cm³/mol. The number of benzene rings is 1. The summed E-state index contributed by atoms with van der Waals surface area (Å²) >= 11 is 0. The second-order valence-electron chi connectivity index (χ2n) is 4.39. The summed E-state index contributed by atoms with van der Waals surface area (Å²) in [7, 11) is 1.78. The van der Waals surface area contributed by atoms with Gasteiger partial charge in [0.05, 0.1) is 11.7 Å². The van der Waals surface area contributed by atoms with E-state index >= 15 is 0 Å². The maximum atomic E-state index is 12.0. The van der Waals surface area contributed by atoms with Gasteiger partial charge in [0.2, 0.25) is 0 Å². The lowest BCUT2D eigenvalue weighted by Gasteiger charge is -2.12. The van der Waals surface area contributed by atoms with Gasteiger partial charge in [-0.3, -0.25) is 9.78 Å². The van der Waals surface area contributed by atoms with Gasteiger partial charge in [-0.05, 0) is 36.9 Å². The number of aliphatic hydroxyl groups is 1. The molecule has 0 fully saturated rings. The third kappa shape index (κ3) is 3.63. The SMILES string of the molecule is CNCC(O)c1cccc(NC(=O)c2cccnc2)c1. The van der Waals surface area contributed by atoms with E-state index in [4.69, 9.17) is 0 Å². The van der Waals surface area contributed by atoms with E-state index in [1.54, 1.807) is 43.6 Å². The molecule has 0 aliphatic heterocycles. The Hall–Kier alpha value is -2.24. The van der Waals surface area contributed by atoms with Crippen molar-refractivity contribution < 1.29 is 9.90 Å². The normalized spacial score (nSPS) is 11.9. The maximum absolute atomic E-state index is 12.0. The molecule has 20 heavy (non-hydrogen) atoms. The highest BCUT2D eigenvalue weighted by Crippen LogP contribution is 2.17. The van der Waals surface area contributed by atoms with Crippen molar-refractivity contribution in [3.8, 4) is 0 Å². The molecule has 2 rings (SSSR count). The average molecular weight is 271 g/mol. The molecule has 0 bridgehead atoms. The zero-order valence-corrected chi connectivity index (χ0v) is 11.2. The van der Waals surface area contributed by atoms with Crippen molar-refractivity contribution in [2.75, 3.05) is 18.9 Å². The van der Waals surface area contributed by atoms with E-state index < -0.39 is 6.10 Å². The Balaban J connectivity index is 2.10. The molecule has 1 unspecified atom stereocenters. The molecule has 2 aromatic rings. The molecule has 0 spiro atoms. The largest absolute Gasteiger partial charge is 0.387 e. The van der Waals surface area contributed by atoms with Gasteiger partial charge >= 0.3 is 0 Å². The van der Waals surface area contributed by atoms with Gasteiger partial charge < -0.3 is 15.7 Å². The van der Waals surface area contributed by atoms with Crippen LogP contribution in [0.15, 0.2) is 48.8 Å². The first-order chi connectivity index (χ1) is 9.70. The van der Waals surface area contributed by atoms with Crippen molar-refractivity contribution in [2.45, 2.75) is 6.10 Å². The molecular weight excluding hydrogens is 254 g/mol. The molecule has 0 aliphatic carbocycles. The van der Waals surface area contributed by atoms with Gasteiger partial charge in [0.25, 0.3) is 5.91 Å². The minimum absolute atomic E-state index is 0.224. The molecule has 0 saturated heterocycles. The molecule has 5 heteroatoms. The molecule has 1 heterocycles. The van der Waals surface area contributed by atoms with Gasteiger partial charge in [-0.15, -0.1) is 0 Å². The Bertz CT molecular complexity index is 572. The number of pyridine rings is 1. The zero-order valence-electron chi connectivity index (χ0n) is 11.2. The average Bonchev–Trinajstić information content (AvgIpc) is 2.48. The van der Waals surface area contributed by atoms with E-state index in [0.29, 0.717) is 17.8 Å². The van der Waals surface area contributed by atoms with Crippen LogP contribution in [-0.4, -0.2) is 29.6 Å². The molecule has 1 amide bonds. The van der Waals surface area contributed by atoms with E-state index in [1.807, 2.05) is 6.07 Å². The number of hydrogen-bond acceptors (Lipinski definition) is 4. The third-order valence-corrected chi connectivity index (χ3v) is 2.85. The molecule has 1 aromatic carbocycles. The summed E-state index contributed by atoms with van der Waals surface area (Å²) in [5, 5.41) is 15.6. The van der Waals surface area contributed by atoms with E-state index in [-0.39, 0.29) is 5.91 Å². The first-order valence-corrected chi connectivity index (χ1v) is 6.34. The van der Waals surface area contributed by atoms with Crippen LogP contribution in [0.25, 0.3) is 0 Å². The van der Waals surface area contributed by atoms with Crippen LogP contribution in [0.2, 0.25) is 0 Å². The first-order valence-electron chi connectivity index (χ1n) is 6.34. The highest BCUT2D eigenvalue weighted by molar-refractivity contribution is 6.04. The Morgan fingerprint density at radius 3 is 2.90 bits per heavy atom. The number of anilines is 1. The van der Waals surface area contributed by atoms with Crippen molar-refractivity contribution in [3.05, 3.63) is 59.9 Å². The minimum atomic E-state index is -0.602. The molecule has 0 aliphatic rings. The fourth-order valence-corrected chi connectivity index (χ4v) is 1.84. The van der Waals surface area contributed by atoms with Gasteiger partial charge in [-0.1, -0.05) is 12.1 Å². The van der Waals surface area contributed by atoms with E-state index in [1.165, 1.54) is 6.20 Å². The summed E-state index contributed by atoms with van der Waals surface area (Å²) in [6.07, 6.45) is 2.52. The Morgan fingerprint density at radius 1 is 1.35 bits per heavy atom. The zero-order chi connectivity index (χ0) is 14.4. The lowest BCUT2D eigenvalue weighted by Crippen LogP contribution is -2.17. The maximum Gasteiger partial charge on any atom is 0.257 e. The topological polar surface area (TPSA) is 74.2 Å². The van der Waals surface area contributed by atoms with Crippen molar-refractivity contribution >= 4 is 11.6 Å². The number of aliphatic hydroxyl groups excluding tert-OH is 1. The van der Waals surface area contributed by atoms with Crippen molar-refractivity contribution in [3.63, 3.8) is 0 Å². The van der Waals surface area contributed by atoms with Crippen molar-refractivity contribution in [1.82, 2.24) is 10.3 Å². The van der Waals surface area contributed by atoms with Crippen LogP contribution in [0.4, 0.5) is 5.69 Å². The van der Waals surface area contributed by atoms with Crippen LogP contribution >= 0.6 is 0 Å². The Kier molecular flexibility index (Phi) is 4.81. The fourth-order valence-electron chi connectivity index (χ4n) is 1.84. The number of rotatable bonds is 5. The van der Waals surface area contributed by atoms with Gasteiger partial charge in [0, 0.05) is 24.6 Å². The monoisotopic (exact) mass is 271 g/mol. The minimum Gasteiger partial charge on any atom is -0.387 e. The summed E-state index contributed by atoms with van der Waals surface area (Å²) in [6, 6.07) is 10.6. The number of nitrogens with zero attached hydrogens (tertiary/aromatic N) is 1. The van der Waals surface area contributed by atoms with Crippen molar-refractivity contribution in [1.29, 1.82) is 0 Å². The Morgan fingerprint density at radius 2 is 2.20 bits per heavy atom. The quantitative estimate of drug-likeness (QED) is 0.772. The highest BCUT2D eigenvalue weighted by Gasteiger charge is 2.09. The van der Waals surface area contributed by atoms with E-state index in [0.717, 1.165) is 5.56 Å². The number of amides is 1. The number of carbonyl (C=O) groups excluding carboxylic acids is 1. The lowest BCUT2D eigenvalue weighted by atomic mass is 10.1. The molecule has 104 valence electrons.